The Morgan fingerprint density at radius 1 is 1.21 bits per heavy atom. The summed E-state index contributed by atoms with van der Waals surface area (Å²) in [5.41, 5.74) is 1.01. The van der Waals surface area contributed by atoms with Crippen LogP contribution in [0, 0.1) is 6.92 Å². The molecule has 0 N–H and O–H groups in total. The predicted molar refractivity (Wildman–Crippen MR) is 75.7 cm³/mol. The number of nitrogens with zero attached hydrogens (tertiary/aromatic N) is 1. The number of hydrogen-bond acceptors (Lipinski definition) is 3. The number of furan rings is 1. The molecule has 0 aliphatic carbocycles. The van der Waals surface area contributed by atoms with Crippen LogP contribution in [0.1, 0.15) is 12.5 Å². The Morgan fingerprint density at radius 2 is 1.89 bits per heavy atom. The number of hydrogen-bond donors (Lipinski definition) is 0. The molecule has 19 heavy (non-hydrogen) atoms. The van der Waals surface area contributed by atoms with Gasteiger partial charge in [0.2, 0.25) is 0 Å². The van der Waals surface area contributed by atoms with E-state index in [0.717, 1.165) is 5.56 Å². The van der Waals surface area contributed by atoms with Crippen LogP contribution in [0.5, 0.6) is 0 Å². The minimum atomic E-state index is -3.64. The molecule has 1 aromatic carbocycles. The number of rotatable bonds is 4. The van der Waals surface area contributed by atoms with Crippen LogP contribution in [0.15, 0.2) is 60.8 Å². The van der Waals surface area contributed by atoms with Crippen LogP contribution in [0.3, 0.4) is 0 Å². The van der Waals surface area contributed by atoms with Gasteiger partial charge >= 0.3 is 0 Å². The molecule has 1 atom stereocenters. The minimum Gasteiger partial charge on any atom is -0.457 e. The van der Waals surface area contributed by atoms with Gasteiger partial charge in [-0.15, -0.1) is 3.77 Å². The van der Waals surface area contributed by atoms with Gasteiger partial charge in [0.25, 0.3) is 10.0 Å². The Kier molecular flexibility index (Phi) is 4.21. The summed E-state index contributed by atoms with van der Waals surface area (Å²) >= 11 is 0. The highest BCUT2D eigenvalue weighted by Crippen LogP contribution is 2.18. The van der Waals surface area contributed by atoms with Crippen LogP contribution in [0.4, 0.5) is 0 Å². The molecule has 6 heteroatoms. The quantitative estimate of drug-likeness (QED) is 0.871. The van der Waals surface area contributed by atoms with Crippen molar-refractivity contribution in [2.45, 2.75) is 23.8 Å². The first kappa shape index (κ1) is 14.0. The highest BCUT2D eigenvalue weighted by Gasteiger charge is 2.15. The van der Waals surface area contributed by atoms with E-state index in [9.17, 15) is 8.42 Å². The summed E-state index contributed by atoms with van der Waals surface area (Å²) in [6, 6.07) is 10.2. The van der Waals surface area contributed by atoms with Crippen molar-refractivity contribution >= 4 is 20.7 Å². The van der Waals surface area contributed by atoms with Crippen LogP contribution < -0.4 is 0 Å². The van der Waals surface area contributed by atoms with Crippen molar-refractivity contribution in [2.24, 2.45) is 3.77 Å². The van der Waals surface area contributed by atoms with Crippen molar-refractivity contribution in [1.29, 1.82) is 0 Å². The normalized spacial score (nSPS) is 13.6. The Bertz CT molecular complexity index is 671. The molecule has 0 radical (unpaired) electrons. The number of sulfonamides is 1. The lowest BCUT2D eigenvalue weighted by molar-refractivity contribution is 0.472. The van der Waals surface area contributed by atoms with Crippen LogP contribution in [-0.2, 0) is 20.7 Å². The molecule has 2 aromatic rings. The Labute approximate surface area is 115 Å². The van der Waals surface area contributed by atoms with Gasteiger partial charge < -0.3 is 4.42 Å². The van der Waals surface area contributed by atoms with E-state index in [1.807, 2.05) is 13.8 Å². The van der Waals surface area contributed by atoms with Gasteiger partial charge in [0.05, 0.1) is 11.2 Å². The minimum absolute atomic E-state index is 0.218. The molecular weight excluding hydrogens is 282 g/mol. The standard InChI is InChI=1S/C13H15NO3S2/c1-3-18(13-5-4-10-17-13)14-19(15,16)12-8-6-11(2)7-9-12/h4-10H,3H2,1-2H3. The van der Waals surface area contributed by atoms with Crippen molar-refractivity contribution < 1.29 is 12.8 Å². The summed E-state index contributed by atoms with van der Waals surface area (Å²) in [5, 5.41) is 0.596. The van der Waals surface area contributed by atoms with Gasteiger partial charge in [-0.25, -0.2) is 0 Å². The van der Waals surface area contributed by atoms with Gasteiger partial charge in [0, 0.05) is 5.75 Å². The zero-order valence-electron chi connectivity index (χ0n) is 10.7. The zero-order chi connectivity index (χ0) is 13.9. The highest BCUT2D eigenvalue weighted by molar-refractivity contribution is 8.00. The average molecular weight is 297 g/mol. The molecule has 0 fully saturated rings. The summed E-state index contributed by atoms with van der Waals surface area (Å²) in [6.45, 7) is 3.80. The highest BCUT2D eigenvalue weighted by atomic mass is 32.3. The van der Waals surface area contributed by atoms with E-state index in [4.69, 9.17) is 4.42 Å². The van der Waals surface area contributed by atoms with Crippen molar-refractivity contribution in [1.82, 2.24) is 0 Å². The van der Waals surface area contributed by atoms with Crippen molar-refractivity contribution in [3.8, 4) is 0 Å². The molecule has 102 valence electrons. The molecule has 0 bridgehead atoms. The van der Waals surface area contributed by atoms with E-state index in [-0.39, 0.29) is 4.90 Å². The van der Waals surface area contributed by atoms with Crippen LogP contribution in [0.25, 0.3) is 0 Å². The fourth-order valence-corrected chi connectivity index (χ4v) is 4.68. The van der Waals surface area contributed by atoms with Gasteiger partial charge in [-0.2, -0.15) is 8.42 Å². The maximum Gasteiger partial charge on any atom is 0.288 e. The third-order valence-electron chi connectivity index (χ3n) is 2.51. The molecule has 0 saturated carbocycles. The van der Waals surface area contributed by atoms with Gasteiger partial charge in [0.15, 0.2) is 5.09 Å². The second-order valence-corrected chi connectivity index (χ2v) is 7.68. The Balaban J connectivity index is 2.42. The molecule has 0 amide bonds. The third kappa shape index (κ3) is 3.33. The average Bonchev–Trinajstić information content (AvgIpc) is 2.90. The summed E-state index contributed by atoms with van der Waals surface area (Å²) in [6.07, 6.45) is 1.53. The van der Waals surface area contributed by atoms with Crippen molar-refractivity contribution in [3.05, 3.63) is 48.2 Å². The molecule has 1 unspecified atom stereocenters. The third-order valence-corrected chi connectivity index (χ3v) is 6.12. The topological polar surface area (TPSA) is 59.6 Å². The molecule has 0 aliphatic heterocycles. The molecule has 0 spiro atoms. The van der Waals surface area contributed by atoms with Gasteiger partial charge in [-0.3, -0.25) is 0 Å². The van der Waals surface area contributed by atoms with Gasteiger partial charge in [-0.1, -0.05) is 24.6 Å². The van der Waals surface area contributed by atoms with E-state index in [2.05, 4.69) is 3.77 Å². The second kappa shape index (κ2) is 5.71. The lowest BCUT2D eigenvalue weighted by atomic mass is 10.2. The first-order valence-electron chi connectivity index (χ1n) is 5.82. The van der Waals surface area contributed by atoms with Crippen LogP contribution in [0.2, 0.25) is 0 Å². The van der Waals surface area contributed by atoms with Gasteiger partial charge in [0.1, 0.15) is 0 Å². The maximum atomic E-state index is 12.2. The first-order valence-corrected chi connectivity index (χ1v) is 8.61. The summed E-state index contributed by atoms with van der Waals surface area (Å²) in [7, 11) is -4.41. The predicted octanol–water partition coefficient (Wildman–Crippen LogP) is 3.16. The van der Waals surface area contributed by atoms with E-state index < -0.39 is 20.7 Å². The lowest BCUT2D eigenvalue weighted by Crippen LogP contribution is -2.02. The van der Waals surface area contributed by atoms with Crippen LogP contribution >= 0.6 is 0 Å². The SMILES string of the molecule is CCS(=NS(=O)(=O)c1ccc(C)cc1)c1ccco1. The number of aryl methyl sites for hydroxylation is 1. The molecule has 2 rings (SSSR count). The molecule has 4 nitrogen and oxygen atoms in total. The van der Waals surface area contributed by atoms with E-state index in [0.29, 0.717) is 10.8 Å². The fourth-order valence-electron chi connectivity index (χ4n) is 1.50. The van der Waals surface area contributed by atoms with Crippen molar-refractivity contribution in [2.75, 3.05) is 5.75 Å². The summed E-state index contributed by atoms with van der Waals surface area (Å²) in [5.74, 6) is 0.596. The fraction of sp³-hybridized carbons (Fsp3) is 0.231. The van der Waals surface area contributed by atoms with Crippen molar-refractivity contribution in [3.63, 3.8) is 0 Å². The molecular formula is C13H15NO3S2. The largest absolute Gasteiger partial charge is 0.457 e. The second-order valence-electron chi connectivity index (χ2n) is 3.95. The lowest BCUT2D eigenvalue weighted by Gasteiger charge is -2.03. The smallest absolute Gasteiger partial charge is 0.288 e. The Morgan fingerprint density at radius 3 is 2.42 bits per heavy atom. The number of benzene rings is 1. The molecule has 1 heterocycles. The maximum absolute atomic E-state index is 12.2. The first-order chi connectivity index (χ1) is 9.03. The summed E-state index contributed by atoms with van der Waals surface area (Å²) in [4.78, 5) is 0.218. The van der Waals surface area contributed by atoms with Crippen LogP contribution in [-0.4, -0.2) is 14.2 Å². The van der Waals surface area contributed by atoms with E-state index in [1.165, 1.54) is 6.26 Å². The Hall–Kier alpha value is -1.40. The molecule has 0 saturated heterocycles. The molecule has 1 aromatic heterocycles. The zero-order valence-corrected chi connectivity index (χ0v) is 12.4. The summed E-state index contributed by atoms with van der Waals surface area (Å²) < 4.78 is 33.6. The monoisotopic (exact) mass is 297 g/mol. The van der Waals surface area contributed by atoms with Gasteiger partial charge in [-0.05, 0) is 41.9 Å². The van der Waals surface area contributed by atoms with E-state index >= 15 is 0 Å². The molecule has 0 aliphatic rings. The van der Waals surface area contributed by atoms with E-state index in [1.54, 1.807) is 36.4 Å².